The van der Waals surface area contributed by atoms with Crippen molar-refractivity contribution < 1.29 is 9.59 Å². The Morgan fingerprint density at radius 1 is 1.00 bits per heavy atom. The van der Waals surface area contributed by atoms with Crippen LogP contribution in [0.3, 0.4) is 0 Å². The summed E-state index contributed by atoms with van der Waals surface area (Å²) in [5, 5.41) is 8.41. The number of benzene rings is 1. The summed E-state index contributed by atoms with van der Waals surface area (Å²) < 4.78 is 1.94. The van der Waals surface area contributed by atoms with Crippen LogP contribution < -0.4 is 15.8 Å². The van der Waals surface area contributed by atoms with Gasteiger partial charge in [-0.3, -0.25) is 19.1 Å². The van der Waals surface area contributed by atoms with Crippen LogP contribution in [0, 0.1) is 30.1 Å². The van der Waals surface area contributed by atoms with Crippen molar-refractivity contribution in [3.05, 3.63) is 69.9 Å². The second kappa shape index (κ2) is 13.5. The average molecular weight is 708 g/mol. The quantitative estimate of drug-likeness (QED) is 0.189. The topological polar surface area (TPSA) is 116 Å². The van der Waals surface area contributed by atoms with Gasteiger partial charge >= 0.3 is 0 Å². The van der Waals surface area contributed by atoms with Gasteiger partial charge in [-0.2, -0.15) is 5.10 Å². The molecule has 2 N–H and O–H groups in total. The summed E-state index contributed by atoms with van der Waals surface area (Å²) in [6.07, 6.45) is 14.2. The van der Waals surface area contributed by atoms with Crippen molar-refractivity contribution in [3.63, 3.8) is 0 Å². The molecule has 5 aliphatic rings. The minimum absolute atomic E-state index is 0.0962. The zero-order chi connectivity index (χ0) is 35.4. The fourth-order valence-corrected chi connectivity index (χ4v) is 10.8. The minimum atomic E-state index is -0.263. The van der Waals surface area contributed by atoms with Crippen LogP contribution in [0.4, 0.5) is 5.82 Å². The number of H-pyrrole nitrogens is 1. The van der Waals surface area contributed by atoms with Crippen LogP contribution in [0.1, 0.15) is 86.5 Å². The molecule has 0 unspecified atom stereocenters. The Morgan fingerprint density at radius 2 is 1.71 bits per heavy atom. The molecule has 268 valence electrons. The highest BCUT2D eigenvalue weighted by atomic mass is 32.2. The molecular formula is C40H49N7O3S. The van der Waals surface area contributed by atoms with Gasteiger partial charge in [-0.15, -0.1) is 11.8 Å². The van der Waals surface area contributed by atoms with Crippen LogP contribution in [-0.2, 0) is 11.3 Å². The zero-order valence-corrected chi connectivity index (χ0v) is 31.0. The van der Waals surface area contributed by atoms with Crippen molar-refractivity contribution in [2.75, 3.05) is 37.3 Å². The van der Waals surface area contributed by atoms with Gasteiger partial charge in [0.1, 0.15) is 5.82 Å². The van der Waals surface area contributed by atoms with E-state index in [0.29, 0.717) is 30.1 Å². The molecule has 0 atom stereocenters. The van der Waals surface area contributed by atoms with E-state index in [0.717, 1.165) is 75.7 Å². The number of aryl methyl sites for hydroxylation is 1. The van der Waals surface area contributed by atoms with E-state index >= 15 is 0 Å². The van der Waals surface area contributed by atoms with Crippen molar-refractivity contribution >= 4 is 40.3 Å². The van der Waals surface area contributed by atoms with E-state index in [9.17, 15) is 14.4 Å². The van der Waals surface area contributed by atoms with Gasteiger partial charge < -0.3 is 20.1 Å². The van der Waals surface area contributed by atoms with Crippen molar-refractivity contribution in [1.29, 1.82) is 0 Å². The molecule has 4 aliphatic carbocycles. The maximum atomic E-state index is 13.9. The molecule has 3 aromatic heterocycles. The monoisotopic (exact) mass is 707 g/mol. The van der Waals surface area contributed by atoms with E-state index in [4.69, 9.17) is 4.98 Å². The van der Waals surface area contributed by atoms with Crippen LogP contribution in [0.2, 0.25) is 0 Å². The number of anilines is 1. The van der Waals surface area contributed by atoms with Gasteiger partial charge in [-0.1, -0.05) is 0 Å². The van der Waals surface area contributed by atoms with E-state index in [2.05, 4.69) is 51.2 Å². The van der Waals surface area contributed by atoms with Crippen LogP contribution >= 0.6 is 11.8 Å². The van der Waals surface area contributed by atoms with Gasteiger partial charge in [0.2, 0.25) is 5.91 Å². The Hall–Kier alpha value is -4.12. The molecule has 4 bridgehead atoms. The summed E-state index contributed by atoms with van der Waals surface area (Å²) in [6.45, 7) is 9.03. The molecule has 11 heteroatoms. The van der Waals surface area contributed by atoms with E-state index in [1.165, 1.54) is 50.3 Å². The Kier molecular flexibility index (Phi) is 8.97. The summed E-state index contributed by atoms with van der Waals surface area (Å²) in [5.74, 6) is 3.51. The van der Waals surface area contributed by atoms with E-state index < -0.39 is 0 Å². The zero-order valence-electron chi connectivity index (χ0n) is 30.2. The first-order valence-electron chi connectivity index (χ1n) is 18.6. The Bertz CT molecular complexity index is 2010. The Morgan fingerprint density at radius 3 is 2.37 bits per heavy atom. The van der Waals surface area contributed by atoms with Crippen molar-refractivity contribution in [3.8, 4) is 11.1 Å². The number of hydrogen-bond donors (Lipinski definition) is 2. The number of aromatic nitrogens is 4. The summed E-state index contributed by atoms with van der Waals surface area (Å²) >= 11 is 1.49. The average Bonchev–Trinajstić information content (AvgIpc) is 3.54. The molecule has 4 heterocycles. The Labute approximate surface area is 303 Å². The lowest BCUT2D eigenvalue weighted by Crippen LogP contribution is -2.52. The molecule has 51 heavy (non-hydrogen) atoms. The maximum absolute atomic E-state index is 13.9. The molecule has 4 aromatic rings. The molecule has 0 radical (unpaired) electrons. The third kappa shape index (κ3) is 6.58. The van der Waals surface area contributed by atoms with Crippen LogP contribution in [0.15, 0.2) is 52.4 Å². The molecule has 10 nitrogen and oxygen atoms in total. The molecule has 1 saturated heterocycles. The summed E-state index contributed by atoms with van der Waals surface area (Å²) in [7, 11) is 0. The van der Waals surface area contributed by atoms with Gasteiger partial charge in [0.25, 0.3) is 11.5 Å². The number of rotatable bonds is 9. The largest absolute Gasteiger partial charge is 0.353 e. The number of piperazine rings is 1. The third-order valence-corrected chi connectivity index (χ3v) is 12.9. The maximum Gasteiger partial charge on any atom is 0.254 e. The van der Waals surface area contributed by atoms with Crippen molar-refractivity contribution in [1.82, 2.24) is 30.0 Å². The van der Waals surface area contributed by atoms with Crippen LogP contribution in [0.5, 0.6) is 0 Å². The lowest BCUT2D eigenvalue weighted by Gasteiger charge is -2.57. The highest BCUT2D eigenvalue weighted by Gasteiger charge is 2.51. The molecule has 4 saturated carbocycles. The second-order valence-corrected chi connectivity index (χ2v) is 16.9. The first-order chi connectivity index (χ1) is 24.6. The third-order valence-electron chi connectivity index (χ3n) is 12.1. The number of carbonyl (C=O) groups excluding carboxylic acids is 2. The van der Waals surface area contributed by atoms with Gasteiger partial charge in [-0.25, -0.2) is 4.98 Å². The van der Waals surface area contributed by atoms with Gasteiger partial charge in [0.15, 0.2) is 0 Å². The number of nitrogens with zero attached hydrogens (tertiary/aromatic N) is 5. The summed E-state index contributed by atoms with van der Waals surface area (Å²) in [5.41, 5.74) is 4.62. The SMILES string of the molecule is CSc1cc(C)[nH]c(=O)c1CNC(=O)c1cc(-c2ccnc(N3CCN(C(=O)CC45CC6CC(CC(C6)C4)C5)CC3)c2)cc2c1cnn2C(C)C. The number of aromatic amines is 1. The molecule has 0 spiro atoms. The molecule has 1 aliphatic heterocycles. The second-order valence-electron chi connectivity index (χ2n) is 16.0. The molecule has 2 amide bonds. The lowest BCUT2D eigenvalue weighted by atomic mass is 9.49. The molecule has 5 fully saturated rings. The molecule has 9 rings (SSSR count). The van der Waals surface area contributed by atoms with Gasteiger partial charge in [0.05, 0.1) is 17.3 Å². The van der Waals surface area contributed by atoms with Gasteiger partial charge in [0, 0.05) is 72.9 Å². The summed E-state index contributed by atoms with van der Waals surface area (Å²) in [4.78, 5) is 53.1. The fourth-order valence-electron chi connectivity index (χ4n) is 10.1. The van der Waals surface area contributed by atoms with Gasteiger partial charge in [-0.05, 0) is 130 Å². The summed E-state index contributed by atoms with van der Waals surface area (Å²) in [6, 6.07) is 10.1. The van der Waals surface area contributed by atoms with E-state index in [1.807, 2.05) is 42.3 Å². The number of hydrogen-bond acceptors (Lipinski definition) is 7. The number of thioether (sulfide) groups is 1. The lowest BCUT2D eigenvalue weighted by molar-refractivity contribution is -0.139. The number of nitrogens with one attached hydrogen (secondary N) is 2. The highest BCUT2D eigenvalue weighted by molar-refractivity contribution is 7.98. The number of pyridine rings is 2. The number of fused-ring (bicyclic) bond motifs is 1. The first kappa shape index (κ1) is 34.0. The predicted molar refractivity (Wildman–Crippen MR) is 202 cm³/mol. The number of amides is 2. The van der Waals surface area contributed by atoms with Crippen LogP contribution in [0.25, 0.3) is 22.0 Å². The first-order valence-corrected chi connectivity index (χ1v) is 19.9. The minimum Gasteiger partial charge on any atom is -0.353 e. The van der Waals surface area contributed by atoms with E-state index in [1.54, 1.807) is 6.20 Å². The Balaban J connectivity index is 0.998. The standard InChI is InChI=1S/C40H49N7O3S/c1-24(2)47-34-16-30(15-31(32(34)23-43-47)38(49)42-22-33-35(51-4)11-25(3)44-39(33)50)29-5-6-41-36(17-29)45-7-9-46(10-8-45)37(48)21-40-18-26-12-27(19-40)14-28(13-26)20-40/h5-6,11,15-17,23-24,26-28H,7-10,12-14,18-22H2,1-4H3,(H,42,49)(H,44,50). The number of carbonyl (C=O) groups is 2. The van der Waals surface area contributed by atoms with Crippen LogP contribution in [-0.4, -0.2) is 68.9 Å². The van der Waals surface area contributed by atoms with Crippen molar-refractivity contribution in [2.24, 2.45) is 23.2 Å². The molecule has 1 aromatic carbocycles. The normalized spacial score (nSPS) is 24.1. The fraction of sp³-hybridized carbons (Fsp3) is 0.525. The predicted octanol–water partition coefficient (Wildman–Crippen LogP) is 6.58. The van der Waals surface area contributed by atoms with E-state index in [-0.39, 0.29) is 29.5 Å². The van der Waals surface area contributed by atoms with Crippen molar-refractivity contribution in [2.45, 2.75) is 83.2 Å². The smallest absolute Gasteiger partial charge is 0.254 e. The molecular weight excluding hydrogens is 659 g/mol. The highest BCUT2D eigenvalue weighted by Crippen LogP contribution is 2.61.